The zero-order chi connectivity index (χ0) is 42.4. The van der Waals surface area contributed by atoms with E-state index in [9.17, 15) is 2.74 Å². The van der Waals surface area contributed by atoms with Crippen molar-refractivity contribution in [1.29, 1.82) is 0 Å². The van der Waals surface area contributed by atoms with Crippen molar-refractivity contribution in [3.63, 3.8) is 0 Å². The van der Waals surface area contributed by atoms with Gasteiger partial charge in [-0.1, -0.05) is 134 Å². The summed E-state index contributed by atoms with van der Waals surface area (Å²) < 4.78 is 109. The van der Waals surface area contributed by atoms with Crippen LogP contribution in [-0.4, -0.2) is 17.2 Å². The van der Waals surface area contributed by atoms with Gasteiger partial charge in [-0.2, -0.15) is 0 Å². The van der Waals surface area contributed by atoms with E-state index in [-0.39, 0.29) is 71.6 Å². The van der Waals surface area contributed by atoms with E-state index in [1.807, 2.05) is 16.7 Å². The summed E-state index contributed by atoms with van der Waals surface area (Å²) in [6.07, 6.45) is 0. The van der Waals surface area contributed by atoms with Gasteiger partial charge >= 0.3 is 0 Å². The van der Waals surface area contributed by atoms with Crippen LogP contribution in [0.25, 0.3) is 55.0 Å². The quantitative estimate of drug-likeness (QED) is 0.174. The van der Waals surface area contributed by atoms with Crippen molar-refractivity contribution < 1.29 is 16.4 Å². The van der Waals surface area contributed by atoms with Gasteiger partial charge in [-0.05, 0) is 63.6 Å². The van der Waals surface area contributed by atoms with Gasteiger partial charge in [-0.25, -0.2) is 0 Å². The largest absolute Gasteiger partial charge is 0.309 e. The highest BCUT2D eigenvalue weighted by Gasteiger charge is 2.60. The molecule has 0 amide bonds. The first-order valence-corrected chi connectivity index (χ1v) is 17.4. The molecule has 0 atom stereocenters. The summed E-state index contributed by atoms with van der Waals surface area (Å²) in [6, 6.07) is 8.36. The Kier molecular flexibility index (Phi) is 4.16. The van der Waals surface area contributed by atoms with Crippen LogP contribution in [0.4, 0.5) is 0 Å². The third kappa shape index (κ3) is 4.20. The predicted octanol–water partition coefficient (Wildman–Crippen LogP) is 11.9. The molecule has 2 aromatic heterocycles. The van der Waals surface area contributed by atoms with Crippen LogP contribution < -0.4 is 5.19 Å². The molecule has 0 bridgehead atoms. The zero-order valence-corrected chi connectivity index (χ0v) is 28.4. The molecule has 0 saturated heterocycles. The number of benzene rings is 5. The van der Waals surface area contributed by atoms with E-state index in [0.29, 0.717) is 10.9 Å². The van der Waals surface area contributed by atoms with Crippen LogP contribution >= 0.6 is 0 Å². The first-order valence-electron chi connectivity index (χ1n) is 21.4. The molecular weight excluding hydrogens is 561 g/mol. The maximum atomic E-state index is 9.25. The minimum atomic E-state index is -2.53. The van der Waals surface area contributed by atoms with Gasteiger partial charge in [0, 0.05) is 32.9 Å². The van der Waals surface area contributed by atoms with Crippen LogP contribution in [0.2, 0.25) is 15.1 Å². The highest BCUT2D eigenvalue weighted by atomic mass is 28.3. The maximum Gasteiger partial charge on any atom is 0.103 e. The first-order chi connectivity index (χ1) is 26.2. The summed E-state index contributed by atoms with van der Waals surface area (Å²) >= 11 is 0. The summed E-state index contributed by atoms with van der Waals surface area (Å²) in [7, 11) is -2.53. The molecule has 0 saturated carbocycles. The highest BCUT2D eigenvalue weighted by Crippen LogP contribution is 2.61. The number of hydrogen-bond acceptors (Lipinski definition) is 0. The Bertz CT molecular complexity index is 2770. The second kappa shape index (κ2) is 9.96. The van der Waals surface area contributed by atoms with Gasteiger partial charge in [-0.15, -0.1) is 0 Å². The van der Waals surface area contributed by atoms with Crippen LogP contribution in [0, 0.1) is 0 Å². The van der Waals surface area contributed by atoms with E-state index in [4.69, 9.17) is 13.7 Å². The third-order valence-corrected chi connectivity index (χ3v) is 17.5. The lowest BCUT2D eigenvalue weighted by molar-refractivity contribution is 0.547. The minimum absolute atomic E-state index is 0.0338. The molecule has 0 spiro atoms. The van der Waals surface area contributed by atoms with Crippen molar-refractivity contribution in [2.24, 2.45) is 0 Å². The van der Waals surface area contributed by atoms with Crippen molar-refractivity contribution in [1.82, 2.24) is 9.13 Å². The lowest BCUT2D eigenvalue weighted by Gasteiger charge is -2.59. The van der Waals surface area contributed by atoms with E-state index in [1.54, 1.807) is 18.2 Å². The topological polar surface area (TPSA) is 9.86 Å². The lowest BCUT2D eigenvalue weighted by atomic mass is 10.1. The molecule has 2 nitrogen and oxygen atoms in total. The standard InChI is InChI=1S/C42H46N2Si/c1-40(2,3)45(41(4,5)6,42(7,8)9)31-18-16-17-29(27-31)43-38-24-15-12-21-34(38)35-28-30(25-26-39(35)43)44-36-22-13-10-19-32(36)33-20-11-14-23-37(33)44/h10-28H,1-9H3/i10D,11D,12D,13D,14D,15D,19D,20D,21D,22D,23D,24D. The molecular formula is C42H46N2Si. The molecule has 0 aliphatic rings. The first kappa shape index (κ1) is 18.8. The average molecular weight is 619 g/mol. The number of rotatable bonds is 3. The van der Waals surface area contributed by atoms with Crippen LogP contribution in [-0.2, 0) is 0 Å². The Hall–Kier alpha value is -4.08. The summed E-state index contributed by atoms with van der Waals surface area (Å²) in [4.78, 5) is 0. The molecule has 3 heteroatoms. The van der Waals surface area contributed by atoms with Gasteiger partial charge < -0.3 is 9.13 Å². The van der Waals surface area contributed by atoms with Crippen molar-refractivity contribution in [3.8, 4) is 11.4 Å². The van der Waals surface area contributed by atoms with E-state index >= 15 is 0 Å². The van der Waals surface area contributed by atoms with E-state index in [1.165, 1.54) is 9.75 Å². The van der Waals surface area contributed by atoms with Crippen molar-refractivity contribution in [2.45, 2.75) is 77.4 Å². The SMILES string of the molecule is [2H]c1c([2H])c([2H])c2c(c1[2H])c1cc(-n3c4c([2H])c([2H])c([2H])c([2H])c4c4c([2H])c([2H])c([2H])c([2H])c43)ccc1n2-c1cccc([Si](C(C)(C)C)(C(C)(C)C)C(C)(C)C)c1. The van der Waals surface area contributed by atoms with Crippen molar-refractivity contribution in [3.05, 3.63) is 115 Å². The Morgan fingerprint density at radius 2 is 0.889 bits per heavy atom. The smallest absolute Gasteiger partial charge is 0.103 e. The molecule has 0 fully saturated rings. The van der Waals surface area contributed by atoms with E-state index in [2.05, 4.69) is 74.4 Å². The molecule has 0 radical (unpaired) electrons. The van der Waals surface area contributed by atoms with Crippen LogP contribution in [0.1, 0.15) is 78.8 Å². The lowest BCUT2D eigenvalue weighted by Crippen LogP contribution is -2.66. The number of fused-ring (bicyclic) bond motifs is 6. The third-order valence-electron chi connectivity index (χ3n) is 9.58. The fraction of sp³-hybridized carbons (Fsp3) is 0.286. The number of para-hydroxylation sites is 3. The second-order valence-electron chi connectivity index (χ2n) is 15.1. The molecule has 0 aliphatic heterocycles. The van der Waals surface area contributed by atoms with Crippen LogP contribution in [0.3, 0.4) is 0 Å². The van der Waals surface area contributed by atoms with Crippen LogP contribution in [0.15, 0.2) is 115 Å². The van der Waals surface area contributed by atoms with Gasteiger partial charge in [0.15, 0.2) is 0 Å². The molecule has 228 valence electrons. The van der Waals surface area contributed by atoms with Gasteiger partial charge in [0.05, 0.1) is 38.5 Å². The van der Waals surface area contributed by atoms with E-state index in [0.717, 1.165) is 5.69 Å². The Labute approximate surface area is 286 Å². The zero-order valence-electron chi connectivity index (χ0n) is 39.4. The molecule has 2 heterocycles. The van der Waals surface area contributed by atoms with Crippen molar-refractivity contribution in [2.75, 3.05) is 0 Å². The monoisotopic (exact) mass is 618 g/mol. The summed E-state index contributed by atoms with van der Waals surface area (Å²) in [5, 5.41) is 1.53. The molecule has 0 unspecified atom stereocenters. The summed E-state index contributed by atoms with van der Waals surface area (Å²) in [6.45, 7) is 20.8. The molecule has 7 rings (SSSR count). The minimum Gasteiger partial charge on any atom is -0.309 e. The Morgan fingerprint density at radius 1 is 0.467 bits per heavy atom. The Balaban J connectivity index is 1.67. The summed E-state index contributed by atoms with van der Waals surface area (Å²) in [5.41, 5.74) is 1.78. The fourth-order valence-electron chi connectivity index (χ4n) is 9.35. The molecule has 0 aliphatic carbocycles. The predicted molar refractivity (Wildman–Crippen MR) is 200 cm³/mol. The Morgan fingerprint density at radius 3 is 1.38 bits per heavy atom. The van der Waals surface area contributed by atoms with Crippen molar-refractivity contribution >= 4 is 56.9 Å². The maximum absolute atomic E-state index is 9.25. The highest BCUT2D eigenvalue weighted by molar-refractivity contribution is 6.98. The molecule has 5 aromatic carbocycles. The molecule has 0 N–H and O–H groups in total. The average Bonchev–Trinajstić information content (AvgIpc) is 3.65. The van der Waals surface area contributed by atoms with Gasteiger partial charge in [0.1, 0.15) is 8.07 Å². The van der Waals surface area contributed by atoms with Gasteiger partial charge in [-0.3, -0.25) is 0 Å². The molecule has 45 heavy (non-hydrogen) atoms. The fourth-order valence-corrected chi connectivity index (χ4v) is 19.4. The van der Waals surface area contributed by atoms with Crippen LogP contribution in [0.5, 0.6) is 0 Å². The second-order valence-corrected chi connectivity index (χ2v) is 21.7. The summed E-state index contributed by atoms with van der Waals surface area (Å²) in [5.74, 6) is 0. The normalized spacial score (nSPS) is 17.2. The number of nitrogens with zero attached hydrogens (tertiary/aromatic N) is 2. The number of hydrogen-bond donors (Lipinski definition) is 0. The van der Waals surface area contributed by atoms with Gasteiger partial charge in [0.25, 0.3) is 0 Å². The molecule has 7 aromatic rings. The van der Waals surface area contributed by atoms with E-state index < -0.39 is 62.5 Å². The van der Waals surface area contributed by atoms with Gasteiger partial charge in [0.2, 0.25) is 0 Å². The number of aromatic nitrogens is 2.